The Bertz CT molecular complexity index is 1710. The van der Waals surface area contributed by atoms with Crippen molar-refractivity contribution in [1.82, 2.24) is 30.2 Å². The molecule has 52 heavy (non-hydrogen) atoms. The molecule has 3 rings (SSSR count). The Balaban J connectivity index is 1.53. The molecule has 2 amide bonds. The number of allylic oxidation sites excluding steroid dienone is 1. The number of nitrogens with zero attached hydrogens (tertiary/aromatic N) is 4. The lowest BCUT2D eigenvalue weighted by molar-refractivity contribution is -0.137. The molecule has 1 aliphatic rings. The number of phosphoric acid groups is 3. The van der Waals surface area contributed by atoms with Crippen LogP contribution in [-0.4, -0.2) is 118 Å². The number of aliphatic hydroxyl groups excluding tert-OH is 2. The molecule has 0 spiro atoms. The molecule has 2 aromatic rings. The van der Waals surface area contributed by atoms with Crippen molar-refractivity contribution in [2.24, 2.45) is 5.41 Å². The van der Waals surface area contributed by atoms with Gasteiger partial charge in [0.15, 0.2) is 17.7 Å². The van der Waals surface area contributed by atoms with E-state index in [4.69, 9.17) is 19.5 Å². The minimum Gasteiger partial charge on any atom is -0.386 e. The normalized spacial score (nSPS) is 22.6. The number of aliphatic hydroxyl groups is 2. The minimum absolute atomic E-state index is 0.0352. The molecule has 7 atom stereocenters. The van der Waals surface area contributed by atoms with Gasteiger partial charge in [0.05, 0.1) is 19.5 Å². The lowest BCUT2D eigenvalue weighted by Crippen LogP contribution is -2.46. The van der Waals surface area contributed by atoms with Crippen LogP contribution in [0.3, 0.4) is 0 Å². The molecular weight excluding hydrogens is 779 g/mol. The maximum absolute atomic E-state index is 12.6. The van der Waals surface area contributed by atoms with Crippen molar-refractivity contribution in [3.8, 4) is 0 Å². The Morgan fingerprint density at radius 2 is 1.81 bits per heavy atom. The number of rotatable bonds is 21. The monoisotopic (exact) mass is 821 g/mol. The number of phosphoric ester groups is 3. The third kappa shape index (κ3) is 13.2. The highest BCUT2D eigenvalue weighted by atomic mass is 32.2. The molecular formula is C25H42N7O16P3S. The Morgan fingerprint density at radius 1 is 1.12 bits per heavy atom. The van der Waals surface area contributed by atoms with E-state index in [1.54, 1.807) is 0 Å². The van der Waals surface area contributed by atoms with Gasteiger partial charge in [-0.3, -0.25) is 27.7 Å². The lowest BCUT2D eigenvalue weighted by Gasteiger charge is -2.30. The molecule has 2 aromatic heterocycles. The molecule has 1 fully saturated rings. The summed E-state index contributed by atoms with van der Waals surface area (Å²) >= 11 is 1.53. The van der Waals surface area contributed by atoms with Gasteiger partial charge >= 0.3 is 23.5 Å². The first-order valence-electron chi connectivity index (χ1n) is 15.3. The number of hydrogen-bond acceptors (Lipinski definition) is 17. The van der Waals surface area contributed by atoms with E-state index < -0.39 is 78.6 Å². The number of carbonyl (C=O) groups is 2. The Hall–Kier alpha value is -2.37. The summed E-state index contributed by atoms with van der Waals surface area (Å²) in [6.07, 6.45) is -3.84. The van der Waals surface area contributed by atoms with Crippen LogP contribution in [0.25, 0.3) is 11.2 Å². The smallest absolute Gasteiger partial charge is 0.386 e. The number of nitrogens with one attached hydrogen (secondary N) is 2. The van der Waals surface area contributed by atoms with Crippen LogP contribution in [0.15, 0.2) is 24.1 Å². The molecule has 27 heteroatoms. The molecule has 2 unspecified atom stereocenters. The molecule has 294 valence electrons. The largest absolute Gasteiger partial charge is 0.481 e. The number of hydrogen-bond donors (Lipinski definition) is 9. The highest BCUT2D eigenvalue weighted by Crippen LogP contribution is 2.61. The number of nitrogen functional groups attached to an aromatic ring is 1. The second-order valence-corrected chi connectivity index (χ2v) is 17.0. The maximum atomic E-state index is 12.6. The molecule has 0 saturated carbocycles. The molecule has 1 saturated heterocycles. The number of nitrogens with two attached hydrogens (primary N) is 1. The van der Waals surface area contributed by atoms with Gasteiger partial charge in [-0.15, -0.1) is 11.8 Å². The Labute approximate surface area is 301 Å². The first-order chi connectivity index (χ1) is 24.2. The van der Waals surface area contributed by atoms with E-state index in [0.717, 1.165) is 23.6 Å². The molecule has 0 aromatic carbocycles. The predicted molar refractivity (Wildman–Crippen MR) is 182 cm³/mol. The standard InChI is InChI=1S/C25H42N7O16P3S/c1-4-5-9-52-10-8-27-16(33)6-7-28-23(36)20(35)25(2,3)12-45-51(42,43)48-50(40,41)44-11-15-19(47-49(37,38)39)18(34)24(46-15)32-14-31-17-21(26)29-13-30-22(17)32/h5,9,13-15,18-20,24,34-35H,4,6-8,10-12H2,1-3H3,(H,27,33)(H,28,36)(H,40,41)(H,42,43)(H2,26,29,30)(H2,37,38,39)/t15-,18-,19-,20+,24-/m1/s1. The van der Waals surface area contributed by atoms with Crippen LogP contribution in [0.4, 0.5) is 5.82 Å². The number of ether oxygens (including phenoxy) is 1. The molecule has 3 heterocycles. The SMILES string of the molecule is CCC=CSCCNC(=O)CCNC(=O)[C@H](O)C(C)(C)COP(=O)(O)OP(=O)(O)OC[C@H]1O[C@@H](n2cnc3c(N)ncnc32)[C@H](O)[C@@H]1OP(=O)(O)O. The zero-order chi connectivity index (χ0) is 38.9. The summed E-state index contributed by atoms with van der Waals surface area (Å²) in [5.41, 5.74) is 4.31. The maximum Gasteiger partial charge on any atom is 0.481 e. The molecule has 1 aliphatic heterocycles. The molecule has 0 aliphatic carbocycles. The van der Waals surface area contributed by atoms with Gasteiger partial charge in [-0.05, 0) is 11.8 Å². The van der Waals surface area contributed by atoms with E-state index in [1.165, 1.54) is 25.6 Å². The van der Waals surface area contributed by atoms with Crippen LogP contribution < -0.4 is 16.4 Å². The summed E-state index contributed by atoms with van der Waals surface area (Å²) in [6, 6.07) is 0. The van der Waals surface area contributed by atoms with Crippen molar-refractivity contribution < 1.29 is 75.7 Å². The predicted octanol–water partition coefficient (Wildman–Crippen LogP) is 0.0618. The summed E-state index contributed by atoms with van der Waals surface area (Å²) in [6.45, 7) is 2.85. The lowest BCUT2D eigenvalue weighted by atomic mass is 9.87. The number of fused-ring (bicyclic) bond motifs is 1. The van der Waals surface area contributed by atoms with E-state index >= 15 is 0 Å². The fourth-order valence-electron chi connectivity index (χ4n) is 4.42. The molecule has 10 N–H and O–H groups in total. The molecule has 0 radical (unpaired) electrons. The number of aromatic nitrogens is 4. The van der Waals surface area contributed by atoms with Crippen molar-refractivity contribution in [2.45, 2.75) is 64.3 Å². The van der Waals surface area contributed by atoms with Gasteiger partial charge in [-0.2, -0.15) is 4.31 Å². The topological polar surface area (TPSA) is 347 Å². The number of amides is 2. The third-order valence-electron chi connectivity index (χ3n) is 7.05. The van der Waals surface area contributed by atoms with Gasteiger partial charge in [-0.1, -0.05) is 26.8 Å². The Morgan fingerprint density at radius 3 is 2.48 bits per heavy atom. The quantitative estimate of drug-likeness (QED) is 0.0594. The van der Waals surface area contributed by atoms with Gasteiger partial charge in [0.25, 0.3) is 0 Å². The highest BCUT2D eigenvalue weighted by molar-refractivity contribution is 8.02. The zero-order valence-corrected chi connectivity index (χ0v) is 31.5. The number of carbonyl (C=O) groups excluding carboxylic acids is 2. The minimum atomic E-state index is -5.54. The van der Waals surface area contributed by atoms with Crippen LogP contribution in [0, 0.1) is 5.41 Å². The van der Waals surface area contributed by atoms with Gasteiger partial charge < -0.3 is 50.9 Å². The average molecular weight is 822 g/mol. The molecule has 23 nitrogen and oxygen atoms in total. The van der Waals surface area contributed by atoms with Crippen molar-refractivity contribution in [3.63, 3.8) is 0 Å². The van der Waals surface area contributed by atoms with Crippen LogP contribution in [0.5, 0.6) is 0 Å². The van der Waals surface area contributed by atoms with Crippen molar-refractivity contribution in [3.05, 3.63) is 24.1 Å². The van der Waals surface area contributed by atoms with Crippen LogP contribution in [-0.2, 0) is 45.9 Å². The van der Waals surface area contributed by atoms with Crippen LogP contribution in [0.2, 0.25) is 0 Å². The van der Waals surface area contributed by atoms with E-state index in [2.05, 4.69) is 34.4 Å². The van der Waals surface area contributed by atoms with E-state index in [0.29, 0.717) is 12.3 Å². The number of anilines is 1. The van der Waals surface area contributed by atoms with Gasteiger partial charge in [-0.25, -0.2) is 28.6 Å². The van der Waals surface area contributed by atoms with E-state index in [-0.39, 0.29) is 35.9 Å². The van der Waals surface area contributed by atoms with Crippen LogP contribution >= 0.6 is 35.2 Å². The van der Waals surface area contributed by atoms with Gasteiger partial charge in [0, 0.05) is 30.7 Å². The van der Waals surface area contributed by atoms with Crippen molar-refractivity contribution in [1.29, 1.82) is 0 Å². The number of thioether (sulfide) groups is 1. The third-order valence-corrected chi connectivity index (χ3v) is 11.0. The summed E-state index contributed by atoms with van der Waals surface area (Å²) in [4.78, 5) is 75.3. The van der Waals surface area contributed by atoms with Crippen molar-refractivity contribution in [2.75, 3.05) is 37.8 Å². The second kappa shape index (κ2) is 18.8. The van der Waals surface area contributed by atoms with E-state index in [1.807, 2.05) is 18.4 Å². The van der Waals surface area contributed by atoms with Crippen molar-refractivity contribution >= 4 is 64.0 Å². The average Bonchev–Trinajstić information content (AvgIpc) is 3.60. The first-order valence-corrected chi connectivity index (χ1v) is 20.9. The summed E-state index contributed by atoms with van der Waals surface area (Å²) in [5.74, 6) is -0.647. The second-order valence-electron chi connectivity index (χ2n) is 11.7. The van der Waals surface area contributed by atoms with Gasteiger partial charge in [0.2, 0.25) is 11.8 Å². The van der Waals surface area contributed by atoms with Gasteiger partial charge in [0.1, 0.15) is 36.3 Å². The summed E-state index contributed by atoms with van der Waals surface area (Å²) in [7, 11) is -16.3. The summed E-state index contributed by atoms with van der Waals surface area (Å²) in [5, 5.41) is 28.3. The van der Waals surface area contributed by atoms with E-state index in [9.17, 15) is 53.1 Å². The fraction of sp³-hybridized carbons (Fsp3) is 0.640. The highest BCUT2D eigenvalue weighted by Gasteiger charge is 2.50. The molecule has 0 bridgehead atoms. The first kappa shape index (κ1) is 44.0. The number of imidazole rings is 1. The Kier molecular flexibility index (Phi) is 15.9. The van der Waals surface area contributed by atoms with Crippen LogP contribution in [0.1, 0.15) is 39.8 Å². The zero-order valence-electron chi connectivity index (χ0n) is 28.0. The fourth-order valence-corrected chi connectivity index (χ4v) is 7.93. The summed E-state index contributed by atoms with van der Waals surface area (Å²) < 4.78 is 62.0.